The van der Waals surface area contributed by atoms with Crippen LogP contribution in [0.4, 0.5) is 0 Å². The van der Waals surface area contributed by atoms with Gasteiger partial charge in [0.25, 0.3) is 0 Å². The molecule has 0 heteroatoms. The lowest BCUT2D eigenvalue weighted by Crippen LogP contribution is -3.12. The van der Waals surface area contributed by atoms with Gasteiger partial charge in [-0.2, -0.15) is 0 Å². The third kappa shape index (κ3) is 0.259. The highest BCUT2D eigenvalue weighted by atomic mass is 15.2. The second-order valence-corrected chi connectivity index (χ2v) is 9.72. The summed E-state index contributed by atoms with van der Waals surface area (Å²) < 4.78 is 0. The van der Waals surface area contributed by atoms with Crippen LogP contribution in [-0.4, -0.2) is 0 Å². The third-order valence-corrected chi connectivity index (χ3v) is 11.4. The zero-order chi connectivity index (χ0) is 10.1. The van der Waals surface area contributed by atoms with Crippen LogP contribution >= 0.6 is 0 Å². The summed E-state index contributed by atoms with van der Waals surface area (Å²) in [4.78, 5) is 0. The summed E-state index contributed by atoms with van der Waals surface area (Å²) in [5.41, 5.74) is 3.22. The average molecular weight is 222 g/mol. The lowest BCUT2D eigenvalue weighted by molar-refractivity contribution is -0.694. The van der Waals surface area contributed by atoms with Gasteiger partial charge in [0.15, 0.2) is 0 Å². The van der Waals surface area contributed by atoms with E-state index in [0.29, 0.717) is 0 Å². The van der Waals surface area contributed by atoms with Crippen LogP contribution < -0.4 is 0 Å². The van der Waals surface area contributed by atoms with E-state index < -0.39 is 0 Å². The maximum absolute atomic E-state index is 1.72. The van der Waals surface area contributed by atoms with Crippen LogP contribution in [0, 0.1) is 75.4 Å². The van der Waals surface area contributed by atoms with Gasteiger partial charge in [-0.05, 0) is 101 Å². The smallest absolute Gasteiger partial charge is 0.00997 e. The average Bonchev–Trinajstić information content (AvgIpc) is 2.47. The first-order valence-corrected chi connectivity index (χ1v) is 8.41. The molecule has 0 saturated heterocycles. The fourth-order valence-electron chi connectivity index (χ4n) is 12.7. The summed E-state index contributed by atoms with van der Waals surface area (Å²) in [6.07, 6.45) is 6.85. The fraction of sp³-hybridized carbons (Fsp3) is 1.00. The first-order chi connectivity index (χ1) is 8.41. The second-order valence-electron chi connectivity index (χ2n) is 9.72. The van der Waals surface area contributed by atoms with Crippen LogP contribution in [0.3, 0.4) is 0 Å². The maximum atomic E-state index is 1.72. The molecule has 13 unspecified atom stereocenters. The molecule has 9 fully saturated rings. The highest BCUT2D eigenvalue weighted by molar-refractivity contribution is 5.61. The van der Waals surface area contributed by atoms with Crippen LogP contribution in [0.5, 0.6) is 0 Å². The van der Waals surface area contributed by atoms with E-state index in [0.717, 1.165) is 16.2 Å². The van der Waals surface area contributed by atoms with Gasteiger partial charge in [-0.15, -0.1) is 0 Å². The molecule has 0 aromatic rings. The monoisotopic (exact) mass is 222 g/mol. The first-order valence-electron chi connectivity index (χ1n) is 8.41. The lowest BCUT2D eigenvalue weighted by atomic mass is 8.88. The van der Waals surface area contributed by atoms with Crippen molar-refractivity contribution in [1.82, 2.24) is 0 Å². The largest absolute Gasteiger partial charge is 0.0467 e. The SMILES string of the molecule is C1C2CC3CC4C5C6CC7C1C1C8C2C34C58C761. The Morgan fingerprint density at radius 3 is 2.59 bits per heavy atom. The molecule has 13 atom stereocenters. The molecule has 0 bridgehead atoms. The van der Waals surface area contributed by atoms with Crippen molar-refractivity contribution in [3.63, 3.8) is 0 Å². The van der Waals surface area contributed by atoms with E-state index >= 15 is 0 Å². The van der Waals surface area contributed by atoms with Gasteiger partial charge < -0.3 is 0 Å². The van der Waals surface area contributed by atoms with Crippen molar-refractivity contribution in [3.05, 3.63) is 0 Å². The van der Waals surface area contributed by atoms with Crippen molar-refractivity contribution < 1.29 is 0 Å². The molecule has 0 aromatic carbocycles. The Bertz CT molecular complexity index is 593. The van der Waals surface area contributed by atoms with Gasteiger partial charge >= 0.3 is 0 Å². The Hall–Kier alpha value is 0. The van der Waals surface area contributed by atoms with E-state index in [1.54, 1.807) is 25.7 Å². The van der Waals surface area contributed by atoms with Crippen LogP contribution in [0.2, 0.25) is 0 Å². The number of fused-ring (bicyclic) bond motifs is 3. The van der Waals surface area contributed by atoms with Crippen LogP contribution in [0.25, 0.3) is 0 Å². The van der Waals surface area contributed by atoms with Gasteiger partial charge in [-0.25, -0.2) is 0 Å². The molecule has 86 valence electrons. The quantitative estimate of drug-likeness (QED) is 0.591. The van der Waals surface area contributed by atoms with Crippen molar-refractivity contribution in [1.29, 1.82) is 0 Å². The van der Waals surface area contributed by atoms with E-state index in [1.807, 2.05) is 0 Å². The molecule has 9 rings (SSSR count). The fourth-order valence-corrected chi connectivity index (χ4v) is 12.7. The first kappa shape index (κ1) is 6.96. The number of rotatable bonds is 0. The Balaban J connectivity index is 1.50. The molecule has 0 radical (unpaired) electrons. The highest BCUT2D eigenvalue weighted by Crippen LogP contribution is 3.18. The molecule has 0 amide bonds. The molecule has 9 saturated carbocycles. The summed E-state index contributed by atoms with van der Waals surface area (Å²) in [5, 5.41) is 0. The Kier molecular flexibility index (Phi) is 0.545. The summed E-state index contributed by atoms with van der Waals surface area (Å²) in [7, 11) is 0. The minimum atomic E-state index is 1.06. The predicted octanol–water partition coefficient (Wildman–Crippen LogP) is 2.79. The van der Waals surface area contributed by atoms with Crippen LogP contribution in [-0.2, 0) is 0 Å². The molecule has 9 aliphatic carbocycles. The zero-order valence-corrected chi connectivity index (χ0v) is 10.1. The van der Waals surface area contributed by atoms with Crippen LogP contribution in [0.15, 0.2) is 0 Å². The molecule has 0 aliphatic heterocycles. The van der Waals surface area contributed by atoms with E-state index in [-0.39, 0.29) is 0 Å². The molecular formula is C17H18. The molecule has 0 aromatic heterocycles. The van der Waals surface area contributed by atoms with Gasteiger partial charge in [0, 0.05) is 0 Å². The molecule has 17 heavy (non-hydrogen) atoms. The predicted molar refractivity (Wildman–Crippen MR) is 60.7 cm³/mol. The molecule has 0 heterocycles. The molecule has 0 nitrogen and oxygen atoms in total. The summed E-state index contributed by atoms with van der Waals surface area (Å²) in [6, 6.07) is 0. The molecule has 9 aliphatic rings. The zero-order valence-electron chi connectivity index (χ0n) is 10.1. The second kappa shape index (κ2) is 1.33. The van der Waals surface area contributed by atoms with E-state index in [2.05, 4.69) is 0 Å². The van der Waals surface area contributed by atoms with E-state index in [9.17, 15) is 0 Å². The summed E-state index contributed by atoms with van der Waals surface area (Å²) in [5.74, 6) is 13.0. The molecule has 3 spiro atoms. The minimum Gasteiger partial charge on any atom is -0.0467 e. The standard InChI is InChI=1S/C17H18/c1-5-2-7-8-4-10-13-9-3-6(1)15(9)11(5)14-12(7)16(8,10)17(13,14)15/h5-14H,1-4H2. The topological polar surface area (TPSA) is 0 Å². The number of hydrogen-bond acceptors (Lipinski definition) is 0. The van der Waals surface area contributed by atoms with E-state index in [4.69, 9.17) is 0 Å². The Labute approximate surface area is 102 Å². The van der Waals surface area contributed by atoms with Crippen molar-refractivity contribution in [2.45, 2.75) is 25.7 Å². The van der Waals surface area contributed by atoms with E-state index in [1.165, 1.54) is 59.2 Å². The van der Waals surface area contributed by atoms with Crippen molar-refractivity contribution in [2.24, 2.45) is 75.4 Å². The third-order valence-electron chi connectivity index (χ3n) is 11.4. The van der Waals surface area contributed by atoms with Gasteiger partial charge in [0.2, 0.25) is 0 Å². The molecular weight excluding hydrogens is 204 g/mol. The Morgan fingerprint density at radius 1 is 0.647 bits per heavy atom. The maximum Gasteiger partial charge on any atom is -0.00997 e. The summed E-state index contributed by atoms with van der Waals surface area (Å²) in [6.45, 7) is 0. The number of hydrogen-bond donors (Lipinski definition) is 0. The van der Waals surface area contributed by atoms with Gasteiger partial charge in [-0.3, -0.25) is 0 Å². The minimum absolute atomic E-state index is 1.06. The van der Waals surface area contributed by atoms with Crippen LogP contribution in [0.1, 0.15) is 25.7 Å². The van der Waals surface area contributed by atoms with Gasteiger partial charge in [-0.1, -0.05) is 0 Å². The van der Waals surface area contributed by atoms with Crippen molar-refractivity contribution in [2.75, 3.05) is 0 Å². The molecule has 0 N–H and O–H groups in total. The Morgan fingerprint density at radius 2 is 1.59 bits per heavy atom. The normalized spacial score (nSPS) is 103. The van der Waals surface area contributed by atoms with Crippen molar-refractivity contribution in [3.8, 4) is 0 Å². The van der Waals surface area contributed by atoms with Gasteiger partial charge in [0.05, 0.1) is 0 Å². The lowest BCUT2D eigenvalue weighted by Gasteiger charge is -3.15. The summed E-state index contributed by atoms with van der Waals surface area (Å²) >= 11 is 0. The van der Waals surface area contributed by atoms with Crippen molar-refractivity contribution >= 4 is 0 Å². The highest BCUT2D eigenvalue weighted by Gasteiger charge is 3.14. The van der Waals surface area contributed by atoms with Gasteiger partial charge in [0.1, 0.15) is 0 Å².